The highest BCUT2D eigenvalue weighted by Crippen LogP contribution is 2.30. The van der Waals surface area contributed by atoms with Crippen molar-refractivity contribution in [1.82, 2.24) is 19.4 Å². The monoisotopic (exact) mass is 374 g/mol. The molecule has 0 radical (unpaired) electrons. The fourth-order valence-electron chi connectivity index (χ4n) is 3.65. The van der Waals surface area contributed by atoms with E-state index in [-0.39, 0.29) is 11.8 Å². The fraction of sp³-hybridized carbons (Fsp3) is 0.444. The minimum atomic E-state index is -3.50. The van der Waals surface area contributed by atoms with Crippen LogP contribution in [0.3, 0.4) is 0 Å². The molecule has 0 bridgehead atoms. The summed E-state index contributed by atoms with van der Waals surface area (Å²) in [6, 6.07) is 10.4. The zero-order valence-corrected chi connectivity index (χ0v) is 15.3. The Bertz CT molecular complexity index is 908. The molecule has 0 aliphatic carbocycles. The van der Waals surface area contributed by atoms with E-state index in [1.165, 1.54) is 0 Å². The largest absolute Gasteiger partial charge is 0.351 e. The summed E-state index contributed by atoms with van der Waals surface area (Å²) in [6.45, 7) is 2.27. The molecule has 1 N–H and O–H groups in total. The number of nitrogens with one attached hydrogen (secondary N) is 1. The first-order valence-electron chi connectivity index (χ1n) is 8.97. The van der Waals surface area contributed by atoms with E-state index in [4.69, 9.17) is 0 Å². The molecule has 1 atom stereocenters. The predicted octanol–water partition coefficient (Wildman–Crippen LogP) is 1.58. The van der Waals surface area contributed by atoms with Gasteiger partial charge < -0.3 is 5.32 Å². The SMILES string of the molecule is O=C1NCCCn2nc(C3CCCN(S(=O)(=O)c4ccccc4)C3)cc21. The van der Waals surface area contributed by atoms with Crippen LogP contribution in [0.4, 0.5) is 0 Å². The Labute approximate surface area is 153 Å². The molecule has 1 amide bonds. The number of hydrogen-bond donors (Lipinski definition) is 1. The number of carbonyl (C=O) groups excluding carboxylic acids is 1. The lowest BCUT2D eigenvalue weighted by Crippen LogP contribution is -2.39. The van der Waals surface area contributed by atoms with Crippen LogP contribution in [0.5, 0.6) is 0 Å². The molecule has 1 unspecified atom stereocenters. The van der Waals surface area contributed by atoms with Gasteiger partial charge in [0.1, 0.15) is 5.69 Å². The zero-order chi connectivity index (χ0) is 18.1. The highest BCUT2D eigenvalue weighted by atomic mass is 32.2. The quantitative estimate of drug-likeness (QED) is 0.884. The van der Waals surface area contributed by atoms with Crippen LogP contribution in [0, 0.1) is 0 Å². The first kappa shape index (κ1) is 17.2. The summed E-state index contributed by atoms with van der Waals surface area (Å²) in [7, 11) is -3.50. The van der Waals surface area contributed by atoms with Crippen LogP contribution in [0.15, 0.2) is 41.3 Å². The van der Waals surface area contributed by atoms with Gasteiger partial charge in [-0.1, -0.05) is 18.2 Å². The van der Waals surface area contributed by atoms with E-state index in [2.05, 4.69) is 10.4 Å². The third kappa shape index (κ3) is 3.14. The summed E-state index contributed by atoms with van der Waals surface area (Å²) in [5.41, 5.74) is 1.38. The van der Waals surface area contributed by atoms with E-state index < -0.39 is 10.0 Å². The lowest BCUT2D eigenvalue weighted by atomic mass is 9.96. The van der Waals surface area contributed by atoms with Gasteiger partial charge in [0.05, 0.1) is 10.6 Å². The van der Waals surface area contributed by atoms with E-state index in [0.717, 1.165) is 25.0 Å². The van der Waals surface area contributed by atoms with Gasteiger partial charge >= 0.3 is 0 Å². The van der Waals surface area contributed by atoms with Crippen molar-refractivity contribution in [3.05, 3.63) is 47.8 Å². The number of nitrogens with zero attached hydrogens (tertiary/aromatic N) is 3. The average molecular weight is 374 g/mol. The van der Waals surface area contributed by atoms with E-state index >= 15 is 0 Å². The molecule has 7 nitrogen and oxygen atoms in total. The van der Waals surface area contributed by atoms with Gasteiger partial charge in [0.15, 0.2) is 0 Å². The van der Waals surface area contributed by atoms with Crippen molar-refractivity contribution in [2.75, 3.05) is 19.6 Å². The van der Waals surface area contributed by atoms with Crippen molar-refractivity contribution in [2.24, 2.45) is 0 Å². The van der Waals surface area contributed by atoms with Crippen molar-refractivity contribution in [1.29, 1.82) is 0 Å². The number of aromatic nitrogens is 2. The Morgan fingerprint density at radius 1 is 1.12 bits per heavy atom. The number of aryl methyl sites for hydroxylation is 1. The van der Waals surface area contributed by atoms with Crippen LogP contribution in [-0.2, 0) is 16.6 Å². The summed E-state index contributed by atoms with van der Waals surface area (Å²) >= 11 is 0. The first-order valence-corrected chi connectivity index (χ1v) is 10.4. The maximum atomic E-state index is 12.9. The molecular formula is C18H22N4O3S. The Morgan fingerprint density at radius 2 is 1.92 bits per heavy atom. The van der Waals surface area contributed by atoms with Gasteiger partial charge in [-0.05, 0) is 37.5 Å². The molecule has 4 rings (SSSR count). The maximum Gasteiger partial charge on any atom is 0.269 e. The summed E-state index contributed by atoms with van der Waals surface area (Å²) in [4.78, 5) is 12.5. The van der Waals surface area contributed by atoms with Crippen molar-refractivity contribution >= 4 is 15.9 Å². The van der Waals surface area contributed by atoms with Gasteiger partial charge in [-0.15, -0.1) is 0 Å². The minimum Gasteiger partial charge on any atom is -0.351 e. The molecule has 2 aliphatic rings. The molecule has 1 aromatic carbocycles. The van der Waals surface area contributed by atoms with Crippen LogP contribution in [0.1, 0.15) is 41.4 Å². The summed E-state index contributed by atoms with van der Waals surface area (Å²) in [5.74, 6) is -0.0970. The van der Waals surface area contributed by atoms with Gasteiger partial charge in [0.2, 0.25) is 10.0 Å². The Balaban J connectivity index is 1.58. The standard InChI is InChI=1S/C18H22N4O3S/c23-18-17-12-16(20-22(17)11-5-9-19-18)14-6-4-10-21(13-14)26(24,25)15-7-2-1-3-8-15/h1-3,7-8,12,14H,4-6,9-11,13H2,(H,19,23). The molecule has 2 aromatic rings. The number of hydrogen-bond acceptors (Lipinski definition) is 4. The van der Waals surface area contributed by atoms with Crippen molar-refractivity contribution < 1.29 is 13.2 Å². The van der Waals surface area contributed by atoms with E-state index in [0.29, 0.717) is 36.8 Å². The van der Waals surface area contributed by atoms with Crippen molar-refractivity contribution in [3.8, 4) is 0 Å². The molecule has 0 spiro atoms. The smallest absolute Gasteiger partial charge is 0.269 e. The second-order valence-corrected chi connectivity index (χ2v) is 8.74. The molecule has 3 heterocycles. The van der Waals surface area contributed by atoms with Gasteiger partial charge in [-0.3, -0.25) is 9.48 Å². The van der Waals surface area contributed by atoms with Crippen LogP contribution in [0.25, 0.3) is 0 Å². The highest BCUT2D eigenvalue weighted by molar-refractivity contribution is 7.89. The normalized spacial score (nSPS) is 21.7. The number of sulfonamides is 1. The van der Waals surface area contributed by atoms with Gasteiger partial charge in [0.25, 0.3) is 5.91 Å². The summed E-state index contributed by atoms with van der Waals surface area (Å²) in [5, 5.41) is 7.47. The molecule has 1 fully saturated rings. The number of piperidine rings is 1. The second kappa shape index (κ2) is 6.85. The van der Waals surface area contributed by atoms with E-state index in [9.17, 15) is 13.2 Å². The Hall–Kier alpha value is -2.19. The van der Waals surface area contributed by atoms with E-state index in [1.54, 1.807) is 39.3 Å². The fourth-order valence-corrected chi connectivity index (χ4v) is 5.20. The molecule has 0 saturated carbocycles. The van der Waals surface area contributed by atoms with Gasteiger partial charge in [-0.25, -0.2) is 8.42 Å². The minimum absolute atomic E-state index is 0.00876. The molecule has 1 saturated heterocycles. The lowest BCUT2D eigenvalue weighted by Gasteiger charge is -2.31. The van der Waals surface area contributed by atoms with Crippen LogP contribution in [0.2, 0.25) is 0 Å². The summed E-state index contributed by atoms with van der Waals surface area (Å²) in [6.07, 6.45) is 2.50. The lowest BCUT2D eigenvalue weighted by molar-refractivity contribution is 0.0950. The zero-order valence-electron chi connectivity index (χ0n) is 14.5. The van der Waals surface area contributed by atoms with Crippen molar-refractivity contribution in [3.63, 3.8) is 0 Å². The molecule has 26 heavy (non-hydrogen) atoms. The number of fused-ring (bicyclic) bond motifs is 1. The number of carbonyl (C=O) groups is 1. The average Bonchev–Trinajstić information content (AvgIpc) is 3.03. The molecule has 2 aliphatic heterocycles. The van der Waals surface area contributed by atoms with Crippen LogP contribution < -0.4 is 5.32 Å². The number of benzene rings is 1. The molecule has 138 valence electrons. The second-order valence-electron chi connectivity index (χ2n) is 6.80. The molecule has 1 aromatic heterocycles. The maximum absolute atomic E-state index is 12.9. The third-order valence-corrected chi connectivity index (χ3v) is 6.93. The molecular weight excluding hydrogens is 352 g/mol. The summed E-state index contributed by atoms with van der Waals surface area (Å²) < 4.78 is 29.1. The van der Waals surface area contributed by atoms with Gasteiger partial charge in [0, 0.05) is 32.1 Å². The van der Waals surface area contributed by atoms with Crippen molar-refractivity contribution in [2.45, 2.75) is 36.6 Å². The van der Waals surface area contributed by atoms with Crippen LogP contribution >= 0.6 is 0 Å². The van der Waals surface area contributed by atoms with Crippen LogP contribution in [-0.4, -0.2) is 48.0 Å². The molecule has 8 heteroatoms. The predicted molar refractivity (Wildman–Crippen MR) is 96.4 cm³/mol. The highest BCUT2D eigenvalue weighted by Gasteiger charge is 2.32. The Morgan fingerprint density at radius 3 is 2.73 bits per heavy atom. The third-order valence-electron chi connectivity index (χ3n) is 5.05. The topological polar surface area (TPSA) is 84.3 Å². The van der Waals surface area contributed by atoms with E-state index in [1.807, 2.05) is 6.07 Å². The number of rotatable bonds is 3. The number of amides is 1. The first-order chi connectivity index (χ1) is 12.6. The Kier molecular flexibility index (Phi) is 4.54. The van der Waals surface area contributed by atoms with Gasteiger partial charge in [-0.2, -0.15) is 9.40 Å².